The smallest absolute Gasteiger partial charge is 0.335 e. The van der Waals surface area contributed by atoms with Gasteiger partial charge in [0.25, 0.3) is 0 Å². The predicted octanol–water partition coefficient (Wildman–Crippen LogP) is 4.44. The van der Waals surface area contributed by atoms with Crippen molar-refractivity contribution in [3.63, 3.8) is 0 Å². The van der Waals surface area contributed by atoms with E-state index in [-0.39, 0.29) is 0 Å². The van der Waals surface area contributed by atoms with Gasteiger partial charge in [-0.3, -0.25) is 4.90 Å². The van der Waals surface area contributed by atoms with E-state index in [0.29, 0.717) is 5.56 Å². The fourth-order valence-corrected chi connectivity index (χ4v) is 5.09. The van der Waals surface area contributed by atoms with E-state index in [1.54, 1.807) is 12.1 Å². The van der Waals surface area contributed by atoms with Gasteiger partial charge in [-0.25, -0.2) is 4.79 Å². The van der Waals surface area contributed by atoms with Crippen LogP contribution in [0.25, 0.3) is 11.1 Å². The lowest BCUT2D eigenvalue weighted by atomic mass is 9.98. The van der Waals surface area contributed by atoms with Crippen molar-refractivity contribution in [2.75, 3.05) is 62.2 Å². The minimum atomic E-state index is -0.888. The molecule has 2 saturated heterocycles. The molecule has 3 aromatic rings. The maximum absolute atomic E-state index is 11.1. The molecule has 6 nitrogen and oxygen atoms in total. The number of piperazine rings is 2. The minimum absolute atomic E-state index is 0.325. The fourth-order valence-electron chi connectivity index (χ4n) is 4.96. The lowest BCUT2D eigenvalue weighted by molar-refractivity contribution is 0.0697. The first-order valence-corrected chi connectivity index (χ1v) is 12.6. The maximum atomic E-state index is 11.1. The fraction of sp³-hybridized carbons (Fsp3) is 0.321. The lowest BCUT2D eigenvalue weighted by Gasteiger charge is -2.37. The quantitative estimate of drug-likeness (QED) is 0.533. The van der Waals surface area contributed by atoms with Crippen molar-refractivity contribution in [3.05, 3.63) is 82.9 Å². The molecule has 2 heterocycles. The Balaban J connectivity index is 1.32. The molecule has 3 aromatic carbocycles. The SMILES string of the molecule is O=C(O)c1ccc(N2CCN(Cc3cc(N4CCNCC4)ccc3-c3ccc(Cl)cc3)CC2)cc1. The Morgan fingerprint density at radius 2 is 1.43 bits per heavy atom. The third-order valence-corrected chi connectivity index (χ3v) is 7.22. The largest absolute Gasteiger partial charge is 0.478 e. The first-order chi connectivity index (χ1) is 17.1. The van der Waals surface area contributed by atoms with Crippen molar-refractivity contribution in [2.24, 2.45) is 0 Å². The van der Waals surface area contributed by atoms with Crippen molar-refractivity contribution in [1.29, 1.82) is 0 Å². The second-order valence-electron chi connectivity index (χ2n) is 9.20. The van der Waals surface area contributed by atoms with Gasteiger partial charge in [-0.05, 0) is 65.2 Å². The lowest BCUT2D eigenvalue weighted by Crippen LogP contribution is -2.46. The van der Waals surface area contributed by atoms with Crippen LogP contribution in [0.5, 0.6) is 0 Å². The summed E-state index contributed by atoms with van der Waals surface area (Å²) in [5.74, 6) is -0.888. The molecule has 182 valence electrons. The van der Waals surface area contributed by atoms with Crippen molar-refractivity contribution in [1.82, 2.24) is 10.2 Å². The van der Waals surface area contributed by atoms with E-state index < -0.39 is 5.97 Å². The molecule has 0 aromatic heterocycles. The number of nitrogens with zero attached hydrogens (tertiary/aromatic N) is 3. The summed E-state index contributed by atoms with van der Waals surface area (Å²) in [6.07, 6.45) is 0. The average Bonchev–Trinajstić information content (AvgIpc) is 2.90. The molecule has 0 amide bonds. The Labute approximate surface area is 211 Å². The summed E-state index contributed by atoms with van der Waals surface area (Å²) in [7, 11) is 0. The average molecular weight is 491 g/mol. The number of hydrogen-bond acceptors (Lipinski definition) is 5. The van der Waals surface area contributed by atoms with Crippen molar-refractivity contribution in [2.45, 2.75) is 6.54 Å². The molecule has 0 aliphatic carbocycles. The van der Waals surface area contributed by atoms with Crippen molar-refractivity contribution < 1.29 is 9.90 Å². The van der Waals surface area contributed by atoms with Crippen LogP contribution >= 0.6 is 11.6 Å². The Hall–Kier alpha value is -3.06. The molecular formula is C28H31ClN4O2. The highest BCUT2D eigenvalue weighted by Crippen LogP contribution is 2.31. The molecule has 0 atom stereocenters. The Kier molecular flexibility index (Phi) is 7.23. The third-order valence-electron chi connectivity index (χ3n) is 6.97. The zero-order valence-corrected chi connectivity index (χ0v) is 20.5. The Bertz CT molecular complexity index is 1150. The topological polar surface area (TPSA) is 59.1 Å². The number of rotatable bonds is 6. The summed E-state index contributed by atoms with van der Waals surface area (Å²) in [6, 6.07) is 22.2. The van der Waals surface area contributed by atoms with Gasteiger partial charge >= 0.3 is 5.97 Å². The zero-order valence-electron chi connectivity index (χ0n) is 19.8. The van der Waals surface area contributed by atoms with E-state index in [9.17, 15) is 4.79 Å². The Morgan fingerprint density at radius 3 is 2.09 bits per heavy atom. The van der Waals surface area contributed by atoms with Crippen LogP contribution in [0.3, 0.4) is 0 Å². The van der Waals surface area contributed by atoms with Gasteiger partial charge in [0.15, 0.2) is 0 Å². The van der Waals surface area contributed by atoms with Gasteiger partial charge < -0.3 is 20.2 Å². The third kappa shape index (κ3) is 5.61. The van der Waals surface area contributed by atoms with E-state index in [2.05, 4.69) is 50.3 Å². The molecule has 0 saturated carbocycles. The minimum Gasteiger partial charge on any atom is -0.478 e. The van der Waals surface area contributed by atoms with Gasteiger partial charge in [-0.15, -0.1) is 0 Å². The summed E-state index contributed by atoms with van der Waals surface area (Å²) in [6.45, 7) is 8.73. The summed E-state index contributed by atoms with van der Waals surface area (Å²) in [5.41, 5.74) is 6.48. The molecule has 0 spiro atoms. The summed E-state index contributed by atoms with van der Waals surface area (Å²) in [5, 5.41) is 13.3. The molecular weight excluding hydrogens is 460 g/mol. The first-order valence-electron chi connectivity index (χ1n) is 12.2. The number of anilines is 2. The highest BCUT2D eigenvalue weighted by Gasteiger charge is 2.20. The van der Waals surface area contributed by atoms with E-state index >= 15 is 0 Å². The number of carboxylic acids is 1. The Morgan fingerprint density at radius 1 is 0.800 bits per heavy atom. The summed E-state index contributed by atoms with van der Waals surface area (Å²) in [4.78, 5) is 18.5. The maximum Gasteiger partial charge on any atom is 0.335 e. The van der Waals surface area contributed by atoms with Crippen LogP contribution in [0.1, 0.15) is 15.9 Å². The van der Waals surface area contributed by atoms with Crippen LogP contribution in [-0.2, 0) is 6.54 Å². The molecule has 35 heavy (non-hydrogen) atoms. The van der Waals surface area contributed by atoms with Crippen molar-refractivity contribution >= 4 is 28.9 Å². The van der Waals surface area contributed by atoms with Crippen LogP contribution in [0.15, 0.2) is 66.7 Å². The first kappa shape index (κ1) is 23.7. The van der Waals surface area contributed by atoms with Crippen LogP contribution in [0.2, 0.25) is 5.02 Å². The standard InChI is InChI=1S/C28H31ClN4O2/c29-24-5-1-21(2-6-24)27-10-9-26(32-13-11-30-12-14-32)19-23(27)20-31-15-17-33(18-16-31)25-7-3-22(4-8-25)28(34)35/h1-10,19,30H,11-18,20H2,(H,34,35). The molecule has 2 fully saturated rings. The monoisotopic (exact) mass is 490 g/mol. The van der Waals surface area contributed by atoms with Gasteiger partial charge in [0.2, 0.25) is 0 Å². The van der Waals surface area contributed by atoms with Gasteiger partial charge in [0.05, 0.1) is 5.56 Å². The summed E-state index contributed by atoms with van der Waals surface area (Å²) >= 11 is 6.16. The molecule has 2 N–H and O–H groups in total. The molecule has 2 aliphatic rings. The number of hydrogen-bond donors (Lipinski definition) is 2. The van der Waals surface area contributed by atoms with Crippen LogP contribution in [0.4, 0.5) is 11.4 Å². The van der Waals surface area contributed by atoms with E-state index in [1.165, 1.54) is 22.4 Å². The number of carbonyl (C=O) groups is 1. The zero-order chi connectivity index (χ0) is 24.2. The molecule has 0 radical (unpaired) electrons. The number of benzene rings is 3. The highest BCUT2D eigenvalue weighted by molar-refractivity contribution is 6.30. The van der Waals surface area contributed by atoms with E-state index in [4.69, 9.17) is 16.7 Å². The number of aromatic carboxylic acids is 1. The number of halogens is 1. The molecule has 0 unspecified atom stereocenters. The van der Waals surface area contributed by atoms with E-state index in [1.807, 2.05) is 24.3 Å². The second-order valence-corrected chi connectivity index (χ2v) is 9.64. The molecule has 2 aliphatic heterocycles. The van der Waals surface area contributed by atoms with Gasteiger partial charge in [0, 0.05) is 75.3 Å². The van der Waals surface area contributed by atoms with Crippen LogP contribution in [-0.4, -0.2) is 68.3 Å². The molecule has 7 heteroatoms. The number of carboxylic acid groups (broad SMARTS) is 1. The van der Waals surface area contributed by atoms with Crippen molar-refractivity contribution in [3.8, 4) is 11.1 Å². The van der Waals surface area contributed by atoms with Gasteiger partial charge in [0.1, 0.15) is 0 Å². The predicted molar refractivity (Wildman–Crippen MR) is 143 cm³/mol. The van der Waals surface area contributed by atoms with Gasteiger partial charge in [-0.1, -0.05) is 29.8 Å². The molecule has 0 bridgehead atoms. The molecule has 5 rings (SSSR count). The highest BCUT2D eigenvalue weighted by atomic mass is 35.5. The van der Waals surface area contributed by atoms with Crippen LogP contribution in [0, 0.1) is 0 Å². The normalized spacial score (nSPS) is 16.9. The number of nitrogens with one attached hydrogen (secondary N) is 1. The van der Waals surface area contributed by atoms with Gasteiger partial charge in [-0.2, -0.15) is 0 Å². The second kappa shape index (κ2) is 10.7. The van der Waals surface area contributed by atoms with Crippen LogP contribution < -0.4 is 15.1 Å². The van der Waals surface area contributed by atoms with E-state index in [0.717, 1.165) is 69.6 Å². The summed E-state index contributed by atoms with van der Waals surface area (Å²) < 4.78 is 0.